The summed E-state index contributed by atoms with van der Waals surface area (Å²) in [4.78, 5) is 12.0. The average molecular weight is 296 g/mol. The van der Waals surface area contributed by atoms with Crippen molar-refractivity contribution >= 4 is 12.1 Å². The predicted molar refractivity (Wildman–Crippen MR) is 88.3 cm³/mol. The number of carbonyl (C=O) groups excluding carboxylic acids is 1. The van der Waals surface area contributed by atoms with Gasteiger partial charge in [-0.15, -0.1) is 0 Å². The van der Waals surface area contributed by atoms with Crippen molar-refractivity contribution in [2.45, 2.75) is 26.2 Å². The summed E-state index contributed by atoms with van der Waals surface area (Å²) in [5.41, 5.74) is 5.09. The molecule has 4 nitrogen and oxygen atoms in total. The molecular formula is C18H20N2O2. The Kier molecular flexibility index (Phi) is 4.61. The van der Waals surface area contributed by atoms with E-state index in [1.807, 2.05) is 12.1 Å². The number of benzene rings is 2. The summed E-state index contributed by atoms with van der Waals surface area (Å²) >= 11 is 0. The highest BCUT2D eigenvalue weighted by atomic mass is 16.3. The molecule has 4 heteroatoms. The molecule has 1 amide bonds. The molecule has 0 saturated carbocycles. The van der Waals surface area contributed by atoms with Crippen LogP contribution in [0.3, 0.4) is 0 Å². The zero-order valence-electron chi connectivity index (χ0n) is 13.0. The lowest BCUT2D eigenvalue weighted by molar-refractivity contribution is 0.0955. The van der Waals surface area contributed by atoms with Crippen LogP contribution in [-0.4, -0.2) is 17.2 Å². The van der Waals surface area contributed by atoms with Gasteiger partial charge in [-0.05, 0) is 52.9 Å². The van der Waals surface area contributed by atoms with Crippen LogP contribution in [0.5, 0.6) is 5.75 Å². The average Bonchev–Trinajstić information content (AvgIpc) is 2.48. The first-order chi connectivity index (χ1) is 10.4. The van der Waals surface area contributed by atoms with Crippen LogP contribution in [0.1, 0.15) is 42.3 Å². The van der Waals surface area contributed by atoms with Gasteiger partial charge in [0, 0.05) is 5.56 Å². The van der Waals surface area contributed by atoms with Gasteiger partial charge in [-0.1, -0.05) is 32.9 Å². The van der Waals surface area contributed by atoms with Gasteiger partial charge in [0.2, 0.25) is 0 Å². The van der Waals surface area contributed by atoms with Crippen molar-refractivity contribution in [2.75, 3.05) is 0 Å². The standard InChI is InChI=1S/C18H20N2O2/c1-18(2,3)15-8-6-14(7-9-15)17(22)20-19-12-13-4-10-16(21)11-5-13/h4-12,21H,1-3H3,(H,20,22)/b19-12+. The third-order valence-electron chi connectivity index (χ3n) is 3.29. The minimum absolute atomic E-state index is 0.0615. The molecular weight excluding hydrogens is 276 g/mol. The van der Waals surface area contributed by atoms with Gasteiger partial charge in [0.1, 0.15) is 5.75 Å². The van der Waals surface area contributed by atoms with E-state index in [9.17, 15) is 9.90 Å². The lowest BCUT2D eigenvalue weighted by Crippen LogP contribution is -2.18. The summed E-state index contributed by atoms with van der Waals surface area (Å²) < 4.78 is 0. The van der Waals surface area contributed by atoms with Crippen molar-refractivity contribution in [2.24, 2.45) is 5.10 Å². The smallest absolute Gasteiger partial charge is 0.271 e. The maximum Gasteiger partial charge on any atom is 0.271 e. The zero-order chi connectivity index (χ0) is 16.2. The quantitative estimate of drug-likeness (QED) is 0.673. The zero-order valence-corrected chi connectivity index (χ0v) is 13.0. The van der Waals surface area contributed by atoms with Gasteiger partial charge in [0.05, 0.1) is 6.21 Å². The first kappa shape index (κ1) is 15.8. The van der Waals surface area contributed by atoms with Crippen molar-refractivity contribution in [1.29, 1.82) is 0 Å². The van der Waals surface area contributed by atoms with Crippen LogP contribution in [0.25, 0.3) is 0 Å². The largest absolute Gasteiger partial charge is 0.508 e. The lowest BCUT2D eigenvalue weighted by atomic mass is 9.87. The van der Waals surface area contributed by atoms with E-state index in [-0.39, 0.29) is 17.1 Å². The molecule has 0 aliphatic rings. The fraction of sp³-hybridized carbons (Fsp3) is 0.222. The fourth-order valence-electron chi connectivity index (χ4n) is 1.91. The van der Waals surface area contributed by atoms with Gasteiger partial charge >= 0.3 is 0 Å². The van der Waals surface area contributed by atoms with Crippen molar-refractivity contribution in [3.05, 3.63) is 65.2 Å². The maximum absolute atomic E-state index is 12.0. The summed E-state index contributed by atoms with van der Waals surface area (Å²) in [5, 5.41) is 13.1. The number of carbonyl (C=O) groups is 1. The topological polar surface area (TPSA) is 61.7 Å². The Bertz CT molecular complexity index is 666. The van der Waals surface area contributed by atoms with E-state index in [1.54, 1.807) is 36.4 Å². The molecule has 0 bridgehead atoms. The van der Waals surface area contributed by atoms with Crippen LogP contribution >= 0.6 is 0 Å². The van der Waals surface area contributed by atoms with Gasteiger partial charge < -0.3 is 5.11 Å². The number of phenolic OH excluding ortho intramolecular Hbond substituents is 1. The van der Waals surface area contributed by atoms with Crippen molar-refractivity contribution in [3.63, 3.8) is 0 Å². The lowest BCUT2D eigenvalue weighted by Gasteiger charge is -2.18. The Morgan fingerprint density at radius 2 is 1.64 bits per heavy atom. The molecule has 2 aromatic rings. The number of hydrogen-bond acceptors (Lipinski definition) is 3. The van der Waals surface area contributed by atoms with Crippen molar-refractivity contribution < 1.29 is 9.90 Å². The fourth-order valence-corrected chi connectivity index (χ4v) is 1.91. The number of hydrazone groups is 1. The van der Waals surface area contributed by atoms with E-state index >= 15 is 0 Å². The van der Waals surface area contributed by atoms with Crippen LogP contribution in [-0.2, 0) is 5.41 Å². The first-order valence-electron chi connectivity index (χ1n) is 7.09. The molecule has 0 fully saturated rings. The van der Waals surface area contributed by atoms with Gasteiger partial charge in [-0.2, -0.15) is 5.10 Å². The minimum atomic E-state index is -0.254. The summed E-state index contributed by atoms with van der Waals surface area (Å²) in [6, 6.07) is 14.1. The number of aromatic hydroxyl groups is 1. The second-order valence-electron chi connectivity index (χ2n) is 6.12. The SMILES string of the molecule is CC(C)(C)c1ccc(C(=O)N/N=C/c2ccc(O)cc2)cc1. The highest BCUT2D eigenvalue weighted by Crippen LogP contribution is 2.22. The van der Waals surface area contributed by atoms with Gasteiger partial charge in [0.25, 0.3) is 5.91 Å². The first-order valence-corrected chi connectivity index (χ1v) is 7.09. The van der Waals surface area contributed by atoms with E-state index in [1.165, 1.54) is 11.8 Å². The Hall–Kier alpha value is -2.62. The summed E-state index contributed by atoms with van der Waals surface area (Å²) in [5.74, 6) is -0.0596. The number of rotatable bonds is 3. The molecule has 0 aliphatic carbocycles. The molecule has 0 aliphatic heterocycles. The second-order valence-corrected chi connectivity index (χ2v) is 6.12. The molecule has 22 heavy (non-hydrogen) atoms. The van der Waals surface area contributed by atoms with Crippen LogP contribution in [0.4, 0.5) is 0 Å². The monoisotopic (exact) mass is 296 g/mol. The van der Waals surface area contributed by atoms with E-state index in [0.29, 0.717) is 5.56 Å². The number of nitrogens with one attached hydrogen (secondary N) is 1. The number of amides is 1. The molecule has 2 rings (SSSR count). The molecule has 0 atom stereocenters. The molecule has 0 radical (unpaired) electrons. The van der Waals surface area contributed by atoms with Crippen LogP contribution in [0.15, 0.2) is 53.6 Å². The summed E-state index contributed by atoms with van der Waals surface area (Å²) in [7, 11) is 0. The van der Waals surface area contributed by atoms with Crippen LogP contribution < -0.4 is 5.43 Å². The van der Waals surface area contributed by atoms with Gasteiger partial charge in [0.15, 0.2) is 0 Å². The van der Waals surface area contributed by atoms with E-state index in [2.05, 4.69) is 31.3 Å². The summed E-state index contributed by atoms with van der Waals surface area (Å²) in [6.45, 7) is 6.39. The van der Waals surface area contributed by atoms with E-state index in [0.717, 1.165) is 5.56 Å². The molecule has 0 unspecified atom stereocenters. The Morgan fingerprint density at radius 1 is 1.05 bits per heavy atom. The number of nitrogens with zero attached hydrogens (tertiary/aromatic N) is 1. The molecule has 0 heterocycles. The highest BCUT2D eigenvalue weighted by Gasteiger charge is 2.14. The van der Waals surface area contributed by atoms with Crippen LogP contribution in [0.2, 0.25) is 0 Å². The van der Waals surface area contributed by atoms with E-state index in [4.69, 9.17) is 0 Å². The van der Waals surface area contributed by atoms with Crippen molar-refractivity contribution in [3.8, 4) is 5.75 Å². The van der Waals surface area contributed by atoms with Gasteiger partial charge in [-0.3, -0.25) is 4.79 Å². The minimum Gasteiger partial charge on any atom is -0.508 e. The molecule has 114 valence electrons. The number of phenols is 1. The molecule has 0 aromatic heterocycles. The predicted octanol–water partition coefficient (Wildman–Crippen LogP) is 3.45. The highest BCUT2D eigenvalue weighted by molar-refractivity contribution is 5.94. The third-order valence-corrected chi connectivity index (χ3v) is 3.29. The Morgan fingerprint density at radius 3 is 2.18 bits per heavy atom. The molecule has 2 aromatic carbocycles. The Balaban J connectivity index is 1.99. The van der Waals surface area contributed by atoms with Crippen LogP contribution in [0, 0.1) is 0 Å². The second kappa shape index (κ2) is 6.43. The maximum atomic E-state index is 12.0. The molecule has 0 spiro atoms. The third kappa shape index (κ3) is 4.19. The van der Waals surface area contributed by atoms with Crippen molar-refractivity contribution in [1.82, 2.24) is 5.43 Å². The molecule has 2 N–H and O–H groups in total. The molecule has 0 saturated heterocycles. The normalized spacial score (nSPS) is 11.6. The summed E-state index contributed by atoms with van der Waals surface area (Å²) in [6.07, 6.45) is 1.53. The van der Waals surface area contributed by atoms with Gasteiger partial charge in [-0.25, -0.2) is 5.43 Å². The number of hydrogen-bond donors (Lipinski definition) is 2. The van der Waals surface area contributed by atoms with E-state index < -0.39 is 0 Å². The Labute approximate surface area is 130 Å².